The summed E-state index contributed by atoms with van der Waals surface area (Å²) >= 11 is 0. The minimum atomic E-state index is -1.15. The SMILES string of the molecule is NC1CCN(C(=O)CCN2CCN(c3ccc(F)c4c3C(=O)N(C3CCC(=O)NC3=O)C4=O)CC2)CC1. The van der Waals surface area contributed by atoms with Gasteiger partial charge in [-0.25, -0.2) is 4.39 Å². The molecular weight excluding hydrogens is 483 g/mol. The summed E-state index contributed by atoms with van der Waals surface area (Å²) in [6.45, 7) is 4.37. The van der Waals surface area contributed by atoms with Gasteiger partial charge in [0.25, 0.3) is 11.8 Å². The Kier molecular flexibility index (Phi) is 6.95. The van der Waals surface area contributed by atoms with E-state index in [2.05, 4.69) is 10.2 Å². The fraction of sp³-hybridized carbons (Fsp3) is 0.560. The molecule has 4 aliphatic rings. The quantitative estimate of drug-likeness (QED) is 0.511. The lowest BCUT2D eigenvalue weighted by molar-refractivity contribution is -0.136. The third-order valence-corrected chi connectivity index (χ3v) is 7.77. The van der Waals surface area contributed by atoms with Gasteiger partial charge in [0.05, 0.1) is 16.8 Å². The third kappa shape index (κ3) is 4.82. The summed E-state index contributed by atoms with van der Waals surface area (Å²) in [6, 6.07) is 1.68. The predicted octanol–water partition coefficient (Wildman–Crippen LogP) is -0.311. The molecule has 37 heavy (non-hydrogen) atoms. The van der Waals surface area contributed by atoms with E-state index in [4.69, 9.17) is 5.73 Å². The van der Waals surface area contributed by atoms with Crippen LogP contribution in [0.15, 0.2) is 12.1 Å². The molecule has 1 unspecified atom stereocenters. The maximum atomic E-state index is 14.8. The van der Waals surface area contributed by atoms with E-state index in [0.717, 1.165) is 17.7 Å². The molecule has 1 aromatic rings. The van der Waals surface area contributed by atoms with Gasteiger partial charge in [-0.05, 0) is 31.4 Å². The minimum absolute atomic E-state index is 0.00505. The van der Waals surface area contributed by atoms with E-state index in [9.17, 15) is 28.4 Å². The number of benzene rings is 1. The lowest BCUT2D eigenvalue weighted by Crippen LogP contribution is -2.54. The molecule has 12 heteroatoms. The number of nitrogens with one attached hydrogen (secondary N) is 1. The monoisotopic (exact) mass is 514 g/mol. The Morgan fingerprint density at radius 3 is 2.30 bits per heavy atom. The van der Waals surface area contributed by atoms with Gasteiger partial charge in [-0.2, -0.15) is 0 Å². The van der Waals surface area contributed by atoms with Crippen LogP contribution in [0.3, 0.4) is 0 Å². The van der Waals surface area contributed by atoms with Crippen molar-refractivity contribution in [1.29, 1.82) is 0 Å². The van der Waals surface area contributed by atoms with Crippen LogP contribution in [-0.2, 0) is 14.4 Å². The molecule has 4 aliphatic heterocycles. The van der Waals surface area contributed by atoms with Gasteiger partial charge in [-0.15, -0.1) is 0 Å². The molecule has 5 rings (SSSR count). The third-order valence-electron chi connectivity index (χ3n) is 7.77. The van der Waals surface area contributed by atoms with Gasteiger partial charge >= 0.3 is 0 Å². The standard InChI is InChI=1S/C25H31FN6O5/c26-16-1-2-17(22-21(16)24(36)32(25(22)37)18-3-4-19(33)28-23(18)35)30-13-11-29(12-14-30)8-7-20(34)31-9-5-15(27)6-10-31/h1-2,15,18H,3-14,27H2,(H,28,33,35). The van der Waals surface area contributed by atoms with Crippen molar-refractivity contribution < 1.29 is 28.4 Å². The van der Waals surface area contributed by atoms with Crippen molar-refractivity contribution in [2.45, 2.75) is 44.2 Å². The number of piperazine rings is 1. The average Bonchev–Trinajstić information content (AvgIpc) is 3.15. The van der Waals surface area contributed by atoms with Crippen LogP contribution in [0, 0.1) is 5.82 Å². The predicted molar refractivity (Wildman–Crippen MR) is 130 cm³/mol. The maximum Gasteiger partial charge on any atom is 0.265 e. The Bertz CT molecular complexity index is 1140. The number of piperidine rings is 2. The number of nitrogens with two attached hydrogens (primary N) is 1. The van der Waals surface area contributed by atoms with E-state index in [1.54, 1.807) is 0 Å². The van der Waals surface area contributed by atoms with Crippen molar-refractivity contribution in [3.05, 3.63) is 29.1 Å². The van der Waals surface area contributed by atoms with Gasteiger partial charge < -0.3 is 15.5 Å². The smallest absolute Gasteiger partial charge is 0.265 e. The Hall–Kier alpha value is -3.38. The molecule has 0 aliphatic carbocycles. The maximum absolute atomic E-state index is 14.8. The molecular formula is C25H31FN6O5. The van der Waals surface area contributed by atoms with E-state index in [1.807, 2.05) is 9.80 Å². The highest BCUT2D eigenvalue weighted by Crippen LogP contribution is 2.36. The van der Waals surface area contributed by atoms with Crippen LogP contribution in [0.1, 0.15) is 52.8 Å². The molecule has 3 fully saturated rings. The van der Waals surface area contributed by atoms with Crippen molar-refractivity contribution in [2.24, 2.45) is 5.73 Å². The molecule has 3 N–H and O–H groups in total. The summed E-state index contributed by atoms with van der Waals surface area (Å²) in [4.78, 5) is 69.6. The number of likely N-dealkylation sites (tertiary alicyclic amines) is 1. The molecule has 1 atom stereocenters. The Morgan fingerprint density at radius 2 is 1.62 bits per heavy atom. The molecule has 0 aromatic heterocycles. The Balaban J connectivity index is 1.24. The molecule has 0 bridgehead atoms. The van der Waals surface area contributed by atoms with E-state index in [0.29, 0.717) is 57.9 Å². The normalized spacial score (nSPS) is 23.5. The van der Waals surface area contributed by atoms with Gasteiger partial charge in [-0.1, -0.05) is 0 Å². The van der Waals surface area contributed by atoms with Crippen LogP contribution in [-0.4, -0.2) is 102 Å². The highest BCUT2D eigenvalue weighted by Gasteiger charge is 2.47. The second kappa shape index (κ2) is 10.2. The van der Waals surface area contributed by atoms with Crippen LogP contribution < -0.4 is 16.0 Å². The fourth-order valence-electron chi connectivity index (χ4n) is 5.57. The van der Waals surface area contributed by atoms with E-state index >= 15 is 0 Å². The molecule has 0 radical (unpaired) electrons. The summed E-state index contributed by atoms with van der Waals surface area (Å²) < 4.78 is 14.8. The fourth-order valence-corrected chi connectivity index (χ4v) is 5.57. The molecule has 0 saturated carbocycles. The Labute approximate surface area is 213 Å². The van der Waals surface area contributed by atoms with Crippen molar-refractivity contribution >= 4 is 35.2 Å². The van der Waals surface area contributed by atoms with Crippen LogP contribution in [0.2, 0.25) is 0 Å². The first-order valence-corrected chi connectivity index (χ1v) is 12.8. The zero-order valence-corrected chi connectivity index (χ0v) is 20.6. The summed E-state index contributed by atoms with van der Waals surface area (Å²) in [6.07, 6.45) is 2.09. The number of halogens is 1. The van der Waals surface area contributed by atoms with E-state index in [1.165, 1.54) is 12.1 Å². The first-order chi connectivity index (χ1) is 17.7. The first kappa shape index (κ1) is 25.3. The lowest BCUT2D eigenvalue weighted by Gasteiger charge is -2.37. The summed E-state index contributed by atoms with van der Waals surface area (Å²) in [5, 5.41) is 2.15. The van der Waals surface area contributed by atoms with Gasteiger partial charge in [0.1, 0.15) is 11.9 Å². The first-order valence-electron chi connectivity index (χ1n) is 12.8. The molecule has 0 spiro atoms. The number of fused-ring (bicyclic) bond motifs is 1. The molecule has 198 valence electrons. The lowest BCUT2D eigenvalue weighted by atomic mass is 10.0. The highest BCUT2D eigenvalue weighted by molar-refractivity contribution is 6.25. The summed E-state index contributed by atoms with van der Waals surface area (Å²) in [5.41, 5.74) is 6.00. The molecule has 1 aromatic carbocycles. The van der Waals surface area contributed by atoms with Crippen molar-refractivity contribution in [1.82, 2.24) is 20.0 Å². The number of amides is 5. The number of imide groups is 2. The zero-order chi connectivity index (χ0) is 26.3. The summed E-state index contributed by atoms with van der Waals surface area (Å²) in [7, 11) is 0. The van der Waals surface area contributed by atoms with Crippen LogP contribution >= 0.6 is 0 Å². The van der Waals surface area contributed by atoms with Crippen molar-refractivity contribution in [3.63, 3.8) is 0 Å². The number of nitrogens with zero attached hydrogens (tertiary/aromatic N) is 4. The van der Waals surface area contributed by atoms with Gasteiger partial charge in [0.15, 0.2) is 0 Å². The number of carbonyl (C=O) groups excluding carboxylic acids is 5. The van der Waals surface area contributed by atoms with Gasteiger partial charge in [0.2, 0.25) is 17.7 Å². The van der Waals surface area contributed by atoms with Crippen LogP contribution in [0.4, 0.5) is 10.1 Å². The zero-order valence-electron chi connectivity index (χ0n) is 20.6. The number of carbonyl (C=O) groups is 5. The number of hydrogen-bond donors (Lipinski definition) is 2. The van der Waals surface area contributed by atoms with Crippen LogP contribution in [0.5, 0.6) is 0 Å². The number of anilines is 1. The van der Waals surface area contributed by atoms with Gasteiger partial charge in [-0.3, -0.25) is 39.1 Å². The Morgan fingerprint density at radius 1 is 0.946 bits per heavy atom. The highest BCUT2D eigenvalue weighted by atomic mass is 19.1. The molecule has 3 saturated heterocycles. The second-order valence-electron chi connectivity index (χ2n) is 10.1. The van der Waals surface area contributed by atoms with Crippen LogP contribution in [0.25, 0.3) is 0 Å². The van der Waals surface area contributed by atoms with Gasteiger partial charge in [0, 0.05) is 64.7 Å². The van der Waals surface area contributed by atoms with Crippen molar-refractivity contribution in [3.8, 4) is 0 Å². The second-order valence-corrected chi connectivity index (χ2v) is 10.1. The largest absolute Gasteiger partial charge is 0.368 e. The molecule has 5 amide bonds. The topological polar surface area (TPSA) is 136 Å². The number of hydrogen-bond acceptors (Lipinski definition) is 8. The molecule has 11 nitrogen and oxygen atoms in total. The minimum Gasteiger partial charge on any atom is -0.368 e. The average molecular weight is 515 g/mol. The molecule has 4 heterocycles. The van der Waals surface area contributed by atoms with E-state index < -0.39 is 35.5 Å². The van der Waals surface area contributed by atoms with E-state index in [-0.39, 0.29) is 35.9 Å². The summed E-state index contributed by atoms with van der Waals surface area (Å²) in [5.74, 6) is -3.47. The number of rotatable bonds is 5. The van der Waals surface area contributed by atoms with Crippen molar-refractivity contribution in [2.75, 3.05) is 50.7 Å².